The second kappa shape index (κ2) is 7.22. The molecule has 18 heavy (non-hydrogen) atoms. The number of carbonyl (C=O) groups is 1. The molecule has 2 aliphatic rings. The smallest absolute Gasteiger partial charge is 0.126 e. The topological polar surface area (TPSA) is 55.8 Å². The van der Waals surface area contributed by atoms with Crippen LogP contribution in [0.2, 0.25) is 0 Å². The van der Waals surface area contributed by atoms with Crippen LogP contribution < -0.4 is 0 Å². The van der Waals surface area contributed by atoms with Gasteiger partial charge in [-0.05, 0) is 31.1 Å². The Labute approximate surface area is 110 Å². The Morgan fingerprint density at radius 3 is 1.72 bits per heavy atom. The van der Waals surface area contributed by atoms with Crippen LogP contribution in [0.4, 0.5) is 0 Å². The molecule has 1 N–H and O–H groups in total. The quantitative estimate of drug-likeness (QED) is 0.767. The fourth-order valence-corrected chi connectivity index (χ4v) is 1.98. The summed E-state index contributed by atoms with van der Waals surface area (Å²) in [4.78, 5) is 10.4. The van der Waals surface area contributed by atoms with Crippen LogP contribution in [0.1, 0.15) is 39.5 Å². The predicted molar refractivity (Wildman–Crippen MR) is 69.5 cm³/mol. The van der Waals surface area contributed by atoms with Crippen molar-refractivity contribution in [3.8, 4) is 0 Å². The molecule has 4 heteroatoms. The van der Waals surface area contributed by atoms with Crippen molar-refractivity contribution in [2.24, 2.45) is 10.8 Å². The van der Waals surface area contributed by atoms with E-state index < -0.39 is 0 Å². The van der Waals surface area contributed by atoms with E-state index >= 15 is 0 Å². The molecule has 0 spiro atoms. The van der Waals surface area contributed by atoms with E-state index in [-0.39, 0.29) is 10.8 Å². The zero-order valence-electron chi connectivity index (χ0n) is 11.6. The van der Waals surface area contributed by atoms with Gasteiger partial charge >= 0.3 is 0 Å². The molecule has 0 aromatic carbocycles. The van der Waals surface area contributed by atoms with Crippen LogP contribution in [0.3, 0.4) is 0 Å². The Bertz CT molecular complexity index is 240. The normalized spacial score (nSPS) is 25.7. The third-order valence-electron chi connectivity index (χ3n) is 4.00. The minimum atomic E-state index is -0.0851. The van der Waals surface area contributed by atoms with Gasteiger partial charge in [-0.3, -0.25) is 0 Å². The van der Waals surface area contributed by atoms with E-state index in [1.165, 1.54) is 0 Å². The van der Waals surface area contributed by atoms with Gasteiger partial charge in [0.25, 0.3) is 0 Å². The molecule has 4 nitrogen and oxygen atoms in total. The van der Waals surface area contributed by atoms with E-state index in [1.54, 1.807) is 0 Å². The van der Waals surface area contributed by atoms with Crippen molar-refractivity contribution in [3.63, 3.8) is 0 Å². The summed E-state index contributed by atoms with van der Waals surface area (Å²) in [6.07, 6.45) is 4.83. The van der Waals surface area contributed by atoms with Gasteiger partial charge in [-0.25, -0.2) is 0 Å². The average molecular weight is 258 g/mol. The van der Waals surface area contributed by atoms with Crippen LogP contribution in [0.25, 0.3) is 0 Å². The Hall–Kier alpha value is -0.450. The molecule has 0 aliphatic carbocycles. The molecule has 2 fully saturated rings. The lowest BCUT2D eigenvalue weighted by Crippen LogP contribution is -2.29. The van der Waals surface area contributed by atoms with Crippen LogP contribution in [0.5, 0.6) is 0 Å². The lowest BCUT2D eigenvalue weighted by molar-refractivity contribution is -0.120. The third-order valence-corrected chi connectivity index (χ3v) is 4.00. The van der Waals surface area contributed by atoms with E-state index in [0.29, 0.717) is 6.61 Å². The highest BCUT2D eigenvalue weighted by Crippen LogP contribution is 2.28. The number of aliphatic hydroxyl groups is 1. The first kappa shape index (κ1) is 15.6. The maximum Gasteiger partial charge on any atom is 0.126 e. The summed E-state index contributed by atoms with van der Waals surface area (Å²) in [6, 6.07) is 0. The van der Waals surface area contributed by atoms with Crippen molar-refractivity contribution in [3.05, 3.63) is 0 Å². The van der Waals surface area contributed by atoms with Crippen molar-refractivity contribution >= 4 is 6.29 Å². The van der Waals surface area contributed by atoms with Gasteiger partial charge in [0.05, 0.1) is 0 Å². The van der Waals surface area contributed by atoms with Gasteiger partial charge in [-0.1, -0.05) is 13.8 Å². The van der Waals surface area contributed by atoms with Gasteiger partial charge in [0.1, 0.15) is 6.29 Å². The van der Waals surface area contributed by atoms with Gasteiger partial charge < -0.3 is 19.4 Å². The van der Waals surface area contributed by atoms with Gasteiger partial charge in [0.2, 0.25) is 0 Å². The maximum atomic E-state index is 10.4. The molecular weight excluding hydrogens is 232 g/mol. The van der Waals surface area contributed by atoms with Crippen molar-refractivity contribution < 1.29 is 19.4 Å². The van der Waals surface area contributed by atoms with Crippen molar-refractivity contribution in [2.45, 2.75) is 39.5 Å². The van der Waals surface area contributed by atoms with Crippen LogP contribution in [0.15, 0.2) is 0 Å². The molecule has 0 aromatic rings. The summed E-state index contributed by atoms with van der Waals surface area (Å²) < 4.78 is 10.3. The van der Waals surface area contributed by atoms with Gasteiger partial charge in [0.15, 0.2) is 0 Å². The second-order valence-electron chi connectivity index (χ2n) is 5.97. The van der Waals surface area contributed by atoms with Gasteiger partial charge in [-0.2, -0.15) is 0 Å². The van der Waals surface area contributed by atoms with E-state index in [9.17, 15) is 4.79 Å². The molecular formula is C14H26O4. The lowest BCUT2D eigenvalue weighted by Gasteiger charge is -2.31. The fraction of sp³-hybridized carbons (Fsp3) is 0.929. The highest BCUT2D eigenvalue weighted by Gasteiger charge is 2.26. The Kier molecular flexibility index (Phi) is 6.26. The summed E-state index contributed by atoms with van der Waals surface area (Å²) in [5.41, 5.74) is 0.0660. The highest BCUT2D eigenvalue weighted by atomic mass is 16.5. The number of hydrogen-bond donors (Lipinski definition) is 1. The second-order valence-corrected chi connectivity index (χ2v) is 5.97. The Morgan fingerprint density at radius 1 is 1.00 bits per heavy atom. The first-order chi connectivity index (χ1) is 8.54. The molecule has 2 rings (SSSR count). The van der Waals surface area contributed by atoms with Crippen LogP contribution in [-0.2, 0) is 14.3 Å². The molecule has 0 unspecified atom stereocenters. The van der Waals surface area contributed by atoms with Crippen molar-refractivity contribution in [1.29, 1.82) is 0 Å². The minimum absolute atomic E-state index is 0.0851. The summed E-state index contributed by atoms with van der Waals surface area (Å²) in [7, 11) is 0. The molecule has 0 radical (unpaired) electrons. The molecule has 0 atom stereocenters. The Balaban J connectivity index is 0.000000180. The third kappa shape index (κ3) is 5.04. The fourth-order valence-electron chi connectivity index (χ4n) is 1.98. The number of ether oxygens (including phenoxy) is 2. The first-order valence-corrected chi connectivity index (χ1v) is 6.76. The highest BCUT2D eigenvalue weighted by molar-refractivity contribution is 5.58. The molecule has 0 amide bonds. The number of hydrogen-bond acceptors (Lipinski definition) is 4. The molecule has 2 saturated heterocycles. The predicted octanol–water partition coefficient (Wildman–Crippen LogP) is 1.80. The molecule has 0 bridgehead atoms. The van der Waals surface area contributed by atoms with Gasteiger partial charge in [0, 0.05) is 38.4 Å². The van der Waals surface area contributed by atoms with E-state index in [2.05, 4.69) is 6.92 Å². The SMILES string of the molecule is CC1(C=O)CCOCC1.CC1(CO)CCOCC1. The zero-order valence-corrected chi connectivity index (χ0v) is 11.6. The van der Waals surface area contributed by atoms with E-state index in [4.69, 9.17) is 14.6 Å². The van der Waals surface area contributed by atoms with Crippen molar-refractivity contribution in [2.75, 3.05) is 33.0 Å². The van der Waals surface area contributed by atoms with E-state index in [1.807, 2.05) is 6.92 Å². The Morgan fingerprint density at radius 2 is 1.44 bits per heavy atom. The standard InChI is InChI=1S/C7H14O2.C7H12O2/c2*1-7(6-8)2-4-9-5-3-7/h8H,2-6H2,1H3;6H,2-5H2,1H3. The monoisotopic (exact) mass is 258 g/mol. The van der Waals surface area contributed by atoms with Crippen LogP contribution >= 0.6 is 0 Å². The molecule has 2 heterocycles. The zero-order chi connectivity index (χ0) is 13.5. The summed E-state index contributed by atoms with van der Waals surface area (Å²) >= 11 is 0. The number of aliphatic hydroxyl groups excluding tert-OH is 1. The average Bonchev–Trinajstić information content (AvgIpc) is 2.41. The minimum Gasteiger partial charge on any atom is -0.396 e. The number of carbonyl (C=O) groups excluding carboxylic acids is 1. The maximum absolute atomic E-state index is 10.4. The summed E-state index contributed by atoms with van der Waals surface area (Å²) in [5.74, 6) is 0. The molecule has 106 valence electrons. The molecule has 2 aliphatic heterocycles. The van der Waals surface area contributed by atoms with Crippen LogP contribution in [-0.4, -0.2) is 44.4 Å². The summed E-state index contributed by atoms with van der Waals surface area (Å²) in [5, 5.41) is 8.89. The largest absolute Gasteiger partial charge is 0.396 e. The molecule has 0 aromatic heterocycles. The number of rotatable bonds is 2. The van der Waals surface area contributed by atoms with Crippen LogP contribution in [0, 0.1) is 10.8 Å². The van der Waals surface area contributed by atoms with E-state index in [0.717, 1.165) is 58.4 Å². The van der Waals surface area contributed by atoms with Gasteiger partial charge in [-0.15, -0.1) is 0 Å². The number of aldehydes is 1. The summed E-state index contributed by atoms with van der Waals surface area (Å²) in [6.45, 7) is 7.52. The first-order valence-electron chi connectivity index (χ1n) is 6.76. The van der Waals surface area contributed by atoms with Crippen molar-refractivity contribution in [1.82, 2.24) is 0 Å². The molecule has 0 saturated carbocycles. The lowest BCUT2D eigenvalue weighted by atomic mass is 9.84.